The first-order valence-corrected chi connectivity index (χ1v) is 9.35. The molecule has 4 atom stereocenters. The maximum absolute atomic E-state index is 11.6. The SMILES string of the molecule is CC1CCCC(NC2CCCC(S(C)(=O)=O)C2)C1. The first-order valence-electron chi connectivity index (χ1n) is 7.40. The Hall–Kier alpha value is -0.0900. The second-order valence-electron chi connectivity index (χ2n) is 6.45. The zero-order valence-corrected chi connectivity index (χ0v) is 12.5. The van der Waals surface area contributed by atoms with Crippen molar-refractivity contribution in [1.82, 2.24) is 5.32 Å². The molecule has 18 heavy (non-hydrogen) atoms. The topological polar surface area (TPSA) is 46.2 Å². The molecule has 0 heterocycles. The largest absolute Gasteiger partial charge is 0.311 e. The lowest BCUT2D eigenvalue weighted by atomic mass is 9.85. The molecular formula is C14H27NO2S. The molecule has 1 N–H and O–H groups in total. The van der Waals surface area contributed by atoms with Crippen LogP contribution >= 0.6 is 0 Å². The lowest BCUT2D eigenvalue weighted by molar-refractivity contribution is 0.255. The fraction of sp³-hybridized carbons (Fsp3) is 1.00. The fourth-order valence-electron chi connectivity index (χ4n) is 3.60. The molecule has 2 fully saturated rings. The zero-order valence-electron chi connectivity index (χ0n) is 11.7. The maximum Gasteiger partial charge on any atom is 0.150 e. The van der Waals surface area contributed by atoms with Crippen LogP contribution in [0.3, 0.4) is 0 Å². The zero-order chi connectivity index (χ0) is 13.2. The van der Waals surface area contributed by atoms with Crippen molar-refractivity contribution in [2.24, 2.45) is 5.92 Å². The van der Waals surface area contributed by atoms with E-state index in [1.807, 2.05) is 0 Å². The molecule has 0 bridgehead atoms. The van der Waals surface area contributed by atoms with Gasteiger partial charge in [0.05, 0.1) is 5.25 Å². The van der Waals surface area contributed by atoms with E-state index < -0.39 is 9.84 Å². The van der Waals surface area contributed by atoms with Gasteiger partial charge < -0.3 is 5.32 Å². The molecule has 0 amide bonds. The molecule has 0 radical (unpaired) electrons. The first-order chi connectivity index (χ1) is 8.45. The number of hydrogen-bond donors (Lipinski definition) is 1. The number of hydrogen-bond acceptors (Lipinski definition) is 3. The van der Waals surface area contributed by atoms with Crippen LogP contribution < -0.4 is 5.32 Å². The van der Waals surface area contributed by atoms with Crippen molar-refractivity contribution in [2.75, 3.05) is 6.26 Å². The number of rotatable bonds is 3. The van der Waals surface area contributed by atoms with Gasteiger partial charge in [0.25, 0.3) is 0 Å². The van der Waals surface area contributed by atoms with Crippen molar-refractivity contribution in [3.63, 3.8) is 0 Å². The summed E-state index contributed by atoms with van der Waals surface area (Å²) in [7, 11) is -2.85. The predicted molar refractivity (Wildman–Crippen MR) is 75.4 cm³/mol. The van der Waals surface area contributed by atoms with E-state index in [-0.39, 0.29) is 5.25 Å². The first kappa shape index (κ1) is 14.3. The van der Waals surface area contributed by atoms with Crippen LogP contribution in [0.15, 0.2) is 0 Å². The van der Waals surface area contributed by atoms with Gasteiger partial charge in [0, 0.05) is 18.3 Å². The Bertz CT molecular complexity index is 366. The highest BCUT2D eigenvalue weighted by atomic mass is 32.2. The second kappa shape index (κ2) is 5.91. The van der Waals surface area contributed by atoms with E-state index in [9.17, 15) is 8.42 Å². The Kier molecular flexibility index (Phi) is 4.70. The molecule has 4 unspecified atom stereocenters. The van der Waals surface area contributed by atoms with Crippen LogP contribution in [0, 0.1) is 5.92 Å². The van der Waals surface area contributed by atoms with Gasteiger partial charge in [-0.15, -0.1) is 0 Å². The molecule has 0 spiro atoms. The van der Waals surface area contributed by atoms with Gasteiger partial charge in [0.1, 0.15) is 9.84 Å². The van der Waals surface area contributed by atoms with E-state index in [0.717, 1.165) is 31.6 Å². The normalized spacial score (nSPS) is 38.6. The summed E-state index contributed by atoms with van der Waals surface area (Å²) >= 11 is 0. The molecule has 0 aromatic rings. The van der Waals surface area contributed by atoms with Crippen molar-refractivity contribution in [1.29, 1.82) is 0 Å². The number of nitrogens with one attached hydrogen (secondary N) is 1. The van der Waals surface area contributed by atoms with Crippen LogP contribution in [-0.4, -0.2) is 32.0 Å². The van der Waals surface area contributed by atoms with Gasteiger partial charge in [-0.25, -0.2) is 8.42 Å². The molecule has 2 saturated carbocycles. The standard InChI is InChI=1S/C14H27NO2S/c1-11-5-3-6-12(9-11)15-13-7-4-8-14(10-13)18(2,16)17/h11-15H,3-10H2,1-2H3. The van der Waals surface area contributed by atoms with E-state index >= 15 is 0 Å². The van der Waals surface area contributed by atoms with Crippen molar-refractivity contribution < 1.29 is 8.42 Å². The quantitative estimate of drug-likeness (QED) is 0.859. The molecule has 0 aliphatic heterocycles. The van der Waals surface area contributed by atoms with Gasteiger partial charge in [-0.2, -0.15) is 0 Å². The molecule has 2 aliphatic carbocycles. The molecule has 0 aromatic heterocycles. The summed E-state index contributed by atoms with van der Waals surface area (Å²) in [4.78, 5) is 0. The van der Waals surface area contributed by atoms with Crippen molar-refractivity contribution in [2.45, 2.75) is 75.6 Å². The number of sulfone groups is 1. The molecule has 3 nitrogen and oxygen atoms in total. The van der Waals surface area contributed by atoms with E-state index in [1.165, 1.54) is 31.9 Å². The summed E-state index contributed by atoms with van der Waals surface area (Å²) < 4.78 is 23.3. The van der Waals surface area contributed by atoms with Gasteiger partial charge in [-0.05, 0) is 38.0 Å². The average Bonchev–Trinajstić information content (AvgIpc) is 2.28. The fourth-order valence-corrected chi connectivity index (χ4v) is 4.78. The van der Waals surface area contributed by atoms with Crippen molar-refractivity contribution >= 4 is 9.84 Å². The highest BCUT2D eigenvalue weighted by Crippen LogP contribution is 2.28. The highest BCUT2D eigenvalue weighted by Gasteiger charge is 2.30. The van der Waals surface area contributed by atoms with Crippen LogP contribution in [0.4, 0.5) is 0 Å². The van der Waals surface area contributed by atoms with Gasteiger partial charge in [-0.3, -0.25) is 0 Å². The highest BCUT2D eigenvalue weighted by molar-refractivity contribution is 7.91. The summed E-state index contributed by atoms with van der Waals surface area (Å²) in [5, 5.41) is 3.62. The Labute approximate surface area is 112 Å². The van der Waals surface area contributed by atoms with E-state index in [4.69, 9.17) is 0 Å². The van der Waals surface area contributed by atoms with Crippen molar-refractivity contribution in [3.05, 3.63) is 0 Å². The Morgan fingerprint density at radius 1 is 0.944 bits per heavy atom. The average molecular weight is 273 g/mol. The lowest BCUT2D eigenvalue weighted by Gasteiger charge is -2.35. The third kappa shape index (κ3) is 3.95. The molecule has 0 aromatic carbocycles. The van der Waals surface area contributed by atoms with Gasteiger partial charge in [0.15, 0.2) is 0 Å². The molecule has 2 aliphatic rings. The third-order valence-corrected chi connectivity index (χ3v) is 6.28. The molecule has 106 valence electrons. The van der Waals surface area contributed by atoms with Crippen molar-refractivity contribution in [3.8, 4) is 0 Å². The van der Waals surface area contributed by atoms with E-state index in [1.54, 1.807) is 0 Å². The summed E-state index contributed by atoms with van der Waals surface area (Å²) in [6.07, 6.45) is 10.5. The van der Waals surface area contributed by atoms with Gasteiger partial charge >= 0.3 is 0 Å². The predicted octanol–water partition coefficient (Wildman–Crippen LogP) is 2.51. The molecule has 4 heteroatoms. The summed E-state index contributed by atoms with van der Waals surface area (Å²) in [6, 6.07) is 1.05. The van der Waals surface area contributed by atoms with Crippen LogP contribution in [0.2, 0.25) is 0 Å². The minimum absolute atomic E-state index is 0.107. The van der Waals surface area contributed by atoms with E-state index in [0.29, 0.717) is 12.1 Å². The summed E-state index contributed by atoms with van der Waals surface area (Å²) in [5.74, 6) is 0.825. The third-order valence-electron chi connectivity index (χ3n) is 4.64. The molecular weight excluding hydrogens is 246 g/mol. The minimum Gasteiger partial charge on any atom is -0.311 e. The van der Waals surface area contributed by atoms with Gasteiger partial charge in [0.2, 0.25) is 0 Å². The Morgan fingerprint density at radius 3 is 2.17 bits per heavy atom. The Balaban J connectivity index is 1.86. The monoisotopic (exact) mass is 273 g/mol. The van der Waals surface area contributed by atoms with Crippen LogP contribution in [0.25, 0.3) is 0 Å². The van der Waals surface area contributed by atoms with Crippen LogP contribution in [0.1, 0.15) is 58.3 Å². The summed E-state index contributed by atoms with van der Waals surface area (Å²) in [5.41, 5.74) is 0. The summed E-state index contributed by atoms with van der Waals surface area (Å²) in [6.45, 7) is 2.33. The smallest absolute Gasteiger partial charge is 0.150 e. The second-order valence-corrected chi connectivity index (χ2v) is 8.78. The van der Waals surface area contributed by atoms with Crippen LogP contribution in [0.5, 0.6) is 0 Å². The lowest BCUT2D eigenvalue weighted by Crippen LogP contribution is -2.45. The van der Waals surface area contributed by atoms with Gasteiger partial charge in [-0.1, -0.05) is 26.2 Å². The Morgan fingerprint density at radius 2 is 1.56 bits per heavy atom. The maximum atomic E-state index is 11.6. The molecule has 2 rings (SSSR count). The van der Waals surface area contributed by atoms with E-state index in [2.05, 4.69) is 12.2 Å². The van der Waals surface area contributed by atoms with Crippen LogP contribution in [-0.2, 0) is 9.84 Å². The molecule has 0 saturated heterocycles. The minimum atomic E-state index is -2.85.